The molecule has 0 heterocycles. The highest BCUT2D eigenvalue weighted by Gasteiger charge is 2.29. The van der Waals surface area contributed by atoms with Crippen molar-refractivity contribution >= 4 is 12.4 Å². The van der Waals surface area contributed by atoms with Crippen molar-refractivity contribution in [1.82, 2.24) is 5.32 Å². The Bertz CT molecular complexity index is 457. The SMILES string of the molecule is CN[C@@H]1CCc2c(ccc(O)c2C#N)[C@@H]1O.Cl. The van der Waals surface area contributed by atoms with Crippen molar-refractivity contribution in [1.29, 1.82) is 5.26 Å². The number of hydrogen-bond donors (Lipinski definition) is 3. The van der Waals surface area contributed by atoms with Crippen molar-refractivity contribution in [2.24, 2.45) is 0 Å². The van der Waals surface area contributed by atoms with Crippen molar-refractivity contribution in [3.63, 3.8) is 0 Å². The van der Waals surface area contributed by atoms with Gasteiger partial charge in [0, 0.05) is 6.04 Å². The minimum Gasteiger partial charge on any atom is -0.507 e. The molecular weight excluding hydrogens is 240 g/mol. The Kier molecular flexibility index (Phi) is 4.35. The third-order valence-electron chi connectivity index (χ3n) is 3.21. The van der Waals surface area contributed by atoms with Crippen LogP contribution in [0.1, 0.15) is 29.2 Å². The molecule has 0 saturated heterocycles. The lowest BCUT2D eigenvalue weighted by Crippen LogP contribution is -2.36. The first-order valence-electron chi connectivity index (χ1n) is 5.29. The van der Waals surface area contributed by atoms with Gasteiger partial charge in [-0.3, -0.25) is 0 Å². The summed E-state index contributed by atoms with van der Waals surface area (Å²) in [5.74, 6) is -0.00337. The number of nitrogens with one attached hydrogen (secondary N) is 1. The minimum atomic E-state index is -0.610. The molecule has 4 nitrogen and oxygen atoms in total. The van der Waals surface area contributed by atoms with Crippen LogP contribution in [0.5, 0.6) is 5.75 Å². The van der Waals surface area contributed by atoms with Gasteiger partial charge in [0.25, 0.3) is 0 Å². The number of phenols is 1. The molecule has 3 N–H and O–H groups in total. The molecule has 0 amide bonds. The van der Waals surface area contributed by atoms with Gasteiger partial charge in [0.2, 0.25) is 0 Å². The van der Waals surface area contributed by atoms with Crippen LogP contribution < -0.4 is 5.32 Å². The summed E-state index contributed by atoms with van der Waals surface area (Å²) >= 11 is 0. The number of halogens is 1. The summed E-state index contributed by atoms with van der Waals surface area (Å²) in [6, 6.07) is 5.18. The van der Waals surface area contributed by atoms with Gasteiger partial charge in [0.15, 0.2) is 0 Å². The Labute approximate surface area is 106 Å². The van der Waals surface area contributed by atoms with E-state index in [4.69, 9.17) is 5.26 Å². The molecule has 92 valence electrons. The van der Waals surface area contributed by atoms with Gasteiger partial charge in [-0.1, -0.05) is 6.07 Å². The Morgan fingerprint density at radius 3 is 2.76 bits per heavy atom. The number of rotatable bonds is 1. The summed E-state index contributed by atoms with van der Waals surface area (Å²) in [4.78, 5) is 0. The van der Waals surface area contributed by atoms with Gasteiger partial charge in [-0.2, -0.15) is 5.26 Å². The van der Waals surface area contributed by atoms with Crippen molar-refractivity contribution in [3.8, 4) is 11.8 Å². The number of aliphatic hydroxyl groups is 1. The number of hydrogen-bond acceptors (Lipinski definition) is 4. The number of aromatic hydroxyl groups is 1. The Morgan fingerprint density at radius 1 is 1.47 bits per heavy atom. The summed E-state index contributed by atoms with van der Waals surface area (Å²) in [6.45, 7) is 0. The first-order chi connectivity index (χ1) is 7.69. The van der Waals surface area contributed by atoms with E-state index in [1.807, 2.05) is 13.1 Å². The average molecular weight is 255 g/mol. The van der Waals surface area contributed by atoms with Crippen molar-refractivity contribution in [2.75, 3.05) is 7.05 Å². The van der Waals surface area contributed by atoms with Gasteiger partial charge in [-0.15, -0.1) is 12.4 Å². The molecule has 1 aliphatic carbocycles. The van der Waals surface area contributed by atoms with Gasteiger partial charge in [0.1, 0.15) is 11.8 Å². The zero-order chi connectivity index (χ0) is 11.7. The summed E-state index contributed by atoms with van der Waals surface area (Å²) < 4.78 is 0. The molecule has 0 fully saturated rings. The first-order valence-corrected chi connectivity index (χ1v) is 5.29. The van der Waals surface area contributed by atoms with Crippen LogP contribution in [0.25, 0.3) is 0 Å². The van der Waals surface area contributed by atoms with Gasteiger partial charge in [-0.05, 0) is 37.1 Å². The minimum absolute atomic E-state index is 0. The fourth-order valence-corrected chi connectivity index (χ4v) is 2.30. The Morgan fingerprint density at radius 2 is 2.18 bits per heavy atom. The molecular formula is C12H15ClN2O2. The molecule has 0 bridgehead atoms. The smallest absolute Gasteiger partial charge is 0.133 e. The van der Waals surface area contributed by atoms with E-state index in [1.165, 1.54) is 6.07 Å². The quantitative estimate of drug-likeness (QED) is 0.705. The molecule has 1 aromatic carbocycles. The maximum atomic E-state index is 10.1. The van der Waals surface area contributed by atoms with Gasteiger partial charge in [-0.25, -0.2) is 0 Å². The van der Waals surface area contributed by atoms with Gasteiger partial charge < -0.3 is 15.5 Å². The predicted octanol–water partition coefficient (Wildman–Crippen LogP) is 1.25. The summed E-state index contributed by atoms with van der Waals surface area (Å²) in [5.41, 5.74) is 1.83. The van der Waals surface area contributed by atoms with Gasteiger partial charge in [0.05, 0.1) is 11.7 Å². The molecule has 0 aromatic heterocycles. The topological polar surface area (TPSA) is 76.3 Å². The van der Waals surface area contributed by atoms with Crippen molar-refractivity contribution < 1.29 is 10.2 Å². The van der Waals surface area contributed by atoms with E-state index in [0.717, 1.165) is 17.5 Å². The predicted molar refractivity (Wildman–Crippen MR) is 66.2 cm³/mol. The van der Waals surface area contributed by atoms with Crippen LogP contribution in [0.4, 0.5) is 0 Å². The average Bonchev–Trinajstić information content (AvgIpc) is 2.29. The lowest BCUT2D eigenvalue weighted by molar-refractivity contribution is 0.119. The summed E-state index contributed by atoms with van der Waals surface area (Å²) in [5, 5.41) is 31.7. The molecule has 2 atom stereocenters. The second-order valence-electron chi connectivity index (χ2n) is 4.02. The number of nitriles is 1. The highest BCUT2D eigenvalue weighted by molar-refractivity contribution is 5.85. The number of likely N-dealkylation sites (N-methyl/N-ethyl adjacent to an activating group) is 1. The van der Waals surface area contributed by atoms with Crippen molar-refractivity contribution in [2.45, 2.75) is 25.0 Å². The molecule has 0 aliphatic heterocycles. The van der Waals surface area contributed by atoms with E-state index in [1.54, 1.807) is 6.07 Å². The van der Waals surface area contributed by atoms with Crippen LogP contribution in [0.2, 0.25) is 0 Å². The molecule has 17 heavy (non-hydrogen) atoms. The van der Waals surface area contributed by atoms with Crippen LogP contribution >= 0.6 is 12.4 Å². The van der Waals surface area contributed by atoms with Crippen molar-refractivity contribution in [3.05, 3.63) is 28.8 Å². The summed E-state index contributed by atoms with van der Waals surface area (Å²) in [7, 11) is 1.81. The number of phenolic OH excluding ortho intramolecular Hbond substituents is 1. The molecule has 1 aromatic rings. The van der Waals surface area contributed by atoms with E-state index in [9.17, 15) is 10.2 Å². The number of nitrogens with zero attached hydrogens (tertiary/aromatic N) is 1. The fourth-order valence-electron chi connectivity index (χ4n) is 2.30. The molecule has 0 spiro atoms. The number of benzene rings is 1. The number of fused-ring (bicyclic) bond motifs is 1. The lowest BCUT2D eigenvalue weighted by atomic mass is 9.83. The highest BCUT2D eigenvalue weighted by Crippen LogP contribution is 2.35. The maximum Gasteiger partial charge on any atom is 0.133 e. The fraction of sp³-hybridized carbons (Fsp3) is 0.417. The maximum absolute atomic E-state index is 10.1. The lowest BCUT2D eigenvalue weighted by Gasteiger charge is -2.30. The van der Waals surface area contributed by atoms with Crippen LogP contribution in [0.15, 0.2) is 12.1 Å². The zero-order valence-corrected chi connectivity index (χ0v) is 10.3. The third kappa shape index (κ3) is 2.22. The first kappa shape index (κ1) is 13.8. The van der Waals surface area contributed by atoms with Gasteiger partial charge >= 0.3 is 0 Å². The van der Waals surface area contributed by atoms with E-state index in [2.05, 4.69) is 5.32 Å². The van der Waals surface area contributed by atoms with Crippen LogP contribution in [0.3, 0.4) is 0 Å². The number of aliphatic hydroxyl groups excluding tert-OH is 1. The Balaban J connectivity index is 0.00000144. The largest absolute Gasteiger partial charge is 0.507 e. The van der Waals surface area contributed by atoms with Crippen LogP contribution in [-0.4, -0.2) is 23.3 Å². The zero-order valence-electron chi connectivity index (χ0n) is 9.47. The van der Waals surface area contributed by atoms with Crippen LogP contribution in [-0.2, 0) is 6.42 Å². The Hall–Kier alpha value is -1.28. The molecule has 5 heteroatoms. The molecule has 0 radical (unpaired) electrons. The van der Waals surface area contributed by atoms with E-state index < -0.39 is 6.10 Å². The standard InChI is InChI=1S/C12H14N2O2.ClH/c1-14-10-4-2-7-8(12(10)16)3-5-11(15)9(7)6-13;/h3,5,10,12,14-16H,2,4H2,1H3;1H/t10-,12+;/m1./s1. The molecule has 1 aliphatic rings. The second kappa shape index (κ2) is 5.37. The van der Waals surface area contributed by atoms with E-state index >= 15 is 0 Å². The van der Waals surface area contributed by atoms with Crippen LogP contribution in [0, 0.1) is 11.3 Å². The van der Waals surface area contributed by atoms with E-state index in [-0.39, 0.29) is 24.2 Å². The summed E-state index contributed by atoms with van der Waals surface area (Å²) in [6.07, 6.45) is 0.860. The molecule has 0 unspecified atom stereocenters. The third-order valence-corrected chi connectivity index (χ3v) is 3.21. The normalized spacial score (nSPS) is 22.2. The second-order valence-corrected chi connectivity index (χ2v) is 4.02. The molecule has 2 rings (SSSR count). The van der Waals surface area contributed by atoms with E-state index in [0.29, 0.717) is 12.0 Å². The molecule has 0 saturated carbocycles. The highest BCUT2D eigenvalue weighted by atomic mass is 35.5. The monoisotopic (exact) mass is 254 g/mol.